The number of aliphatic carboxylic acids is 1. The number of nitrogens with zero attached hydrogens (tertiary/aromatic N) is 2. The average Bonchev–Trinajstić information content (AvgIpc) is 3.24. The van der Waals surface area contributed by atoms with Crippen LogP contribution in [0.5, 0.6) is 0 Å². The van der Waals surface area contributed by atoms with E-state index in [2.05, 4.69) is 9.97 Å². The molecule has 1 amide bonds. The summed E-state index contributed by atoms with van der Waals surface area (Å²) in [6, 6.07) is 4.47. The lowest BCUT2D eigenvalue weighted by Gasteiger charge is -2.40. The molecule has 1 aromatic heterocycles. The number of imidazole rings is 1. The van der Waals surface area contributed by atoms with E-state index in [0.717, 1.165) is 17.0 Å². The van der Waals surface area contributed by atoms with Crippen molar-refractivity contribution in [1.29, 1.82) is 0 Å². The Balaban J connectivity index is 1.98. The molecule has 0 spiro atoms. The molecule has 0 radical (unpaired) electrons. The van der Waals surface area contributed by atoms with E-state index in [1.54, 1.807) is 18.2 Å². The number of aromatic nitrogens is 2. The van der Waals surface area contributed by atoms with E-state index < -0.39 is 35.5 Å². The minimum atomic E-state index is -1.43. The zero-order valence-electron chi connectivity index (χ0n) is 16.4. The highest BCUT2D eigenvalue weighted by Gasteiger charge is 2.45. The zero-order valence-corrected chi connectivity index (χ0v) is 19.4. The van der Waals surface area contributed by atoms with Gasteiger partial charge in [0.25, 0.3) is 5.91 Å². The Morgan fingerprint density at radius 3 is 2.30 bits per heavy atom. The third kappa shape index (κ3) is 4.04. The Hall–Kier alpha value is -2.78. The maximum Gasteiger partial charge on any atom is 0.336 e. The Labute approximate surface area is 206 Å². The molecule has 1 unspecified atom stereocenters. The summed E-state index contributed by atoms with van der Waals surface area (Å²) in [6.07, 6.45) is 1.27. The van der Waals surface area contributed by atoms with Gasteiger partial charge in [-0.05, 0) is 18.2 Å². The van der Waals surface area contributed by atoms with Crippen LogP contribution in [0.2, 0.25) is 20.1 Å². The van der Waals surface area contributed by atoms with Gasteiger partial charge in [-0.2, -0.15) is 0 Å². The Bertz CT molecular complexity index is 1310. The first-order valence-corrected chi connectivity index (χ1v) is 10.9. The van der Waals surface area contributed by atoms with Gasteiger partial charge in [0.2, 0.25) is 0 Å². The van der Waals surface area contributed by atoms with Crippen LogP contribution < -0.4 is 0 Å². The van der Waals surface area contributed by atoms with Crippen LogP contribution in [0.1, 0.15) is 43.7 Å². The first-order chi connectivity index (χ1) is 15.6. The van der Waals surface area contributed by atoms with Crippen molar-refractivity contribution in [3.05, 3.63) is 84.8 Å². The second kappa shape index (κ2) is 8.87. The highest BCUT2D eigenvalue weighted by atomic mass is 35.5. The number of fused-ring (bicyclic) bond motifs is 1. The fourth-order valence-corrected chi connectivity index (χ4v) is 4.61. The maximum atomic E-state index is 13.8. The fourth-order valence-electron chi connectivity index (χ4n) is 3.87. The van der Waals surface area contributed by atoms with Gasteiger partial charge >= 0.3 is 11.9 Å². The average molecular weight is 529 g/mol. The second-order valence-corrected chi connectivity index (χ2v) is 8.80. The minimum Gasteiger partial charge on any atom is -0.480 e. The number of carbonyl (C=O) groups is 3. The number of carboxylic acid groups (broad SMARTS) is 2. The molecular formula is C21H13Cl4N3O5. The molecule has 0 bridgehead atoms. The number of carboxylic acids is 2. The number of benzene rings is 2. The number of nitrogens with one attached hydrogen (secondary N) is 1. The van der Waals surface area contributed by atoms with Gasteiger partial charge in [0.15, 0.2) is 0 Å². The summed E-state index contributed by atoms with van der Waals surface area (Å²) >= 11 is 24.7. The zero-order chi connectivity index (χ0) is 24.0. The summed E-state index contributed by atoms with van der Waals surface area (Å²) in [7, 11) is 0. The molecule has 2 heterocycles. The number of carbonyl (C=O) groups excluding carboxylic acids is 1. The monoisotopic (exact) mass is 527 g/mol. The molecule has 4 rings (SSSR count). The van der Waals surface area contributed by atoms with Crippen LogP contribution in [0.3, 0.4) is 0 Å². The maximum absolute atomic E-state index is 13.8. The highest BCUT2D eigenvalue weighted by molar-refractivity contribution is 6.43. The van der Waals surface area contributed by atoms with E-state index in [4.69, 9.17) is 46.4 Å². The Kier molecular flexibility index (Phi) is 6.28. The molecule has 3 N–H and O–H groups in total. The van der Waals surface area contributed by atoms with Crippen LogP contribution in [-0.2, 0) is 11.2 Å². The number of hydrogen-bond acceptors (Lipinski definition) is 4. The van der Waals surface area contributed by atoms with Crippen molar-refractivity contribution in [2.24, 2.45) is 0 Å². The molecule has 2 atom stereocenters. The predicted molar refractivity (Wildman–Crippen MR) is 122 cm³/mol. The normalized spacial score (nSPS) is 17.5. The molecule has 1 aliphatic rings. The van der Waals surface area contributed by atoms with E-state index in [9.17, 15) is 24.6 Å². The number of aromatic amines is 1. The highest BCUT2D eigenvalue weighted by Crippen LogP contribution is 2.42. The van der Waals surface area contributed by atoms with E-state index >= 15 is 0 Å². The molecule has 0 fully saturated rings. The van der Waals surface area contributed by atoms with E-state index in [1.807, 2.05) is 0 Å². The molecule has 1 aliphatic heterocycles. The van der Waals surface area contributed by atoms with Crippen LogP contribution in [0, 0.1) is 0 Å². The predicted octanol–water partition coefficient (Wildman–Crippen LogP) is 4.96. The summed E-state index contributed by atoms with van der Waals surface area (Å²) in [5.74, 6) is -3.63. The molecule has 170 valence electrons. The van der Waals surface area contributed by atoms with Gasteiger partial charge in [0.1, 0.15) is 12.1 Å². The minimum absolute atomic E-state index is 0.0616. The second-order valence-electron chi connectivity index (χ2n) is 7.20. The van der Waals surface area contributed by atoms with Gasteiger partial charge in [-0.1, -0.05) is 58.5 Å². The first kappa shape index (κ1) is 23.4. The molecular weight excluding hydrogens is 516 g/mol. The third-order valence-electron chi connectivity index (χ3n) is 5.34. The molecule has 8 nitrogen and oxygen atoms in total. The van der Waals surface area contributed by atoms with Crippen molar-refractivity contribution >= 4 is 64.2 Å². The van der Waals surface area contributed by atoms with Gasteiger partial charge < -0.3 is 20.1 Å². The molecule has 0 saturated heterocycles. The number of aromatic carboxylic acids is 1. The van der Waals surface area contributed by atoms with Crippen LogP contribution >= 0.6 is 46.4 Å². The van der Waals surface area contributed by atoms with Crippen molar-refractivity contribution in [3.63, 3.8) is 0 Å². The molecule has 12 heteroatoms. The van der Waals surface area contributed by atoms with Gasteiger partial charge in [-0.25, -0.2) is 14.6 Å². The van der Waals surface area contributed by atoms with E-state index in [0.29, 0.717) is 17.0 Å². The van der Waals surface area contributed by atoms with Crippen molar-refractivity contribution in [1.82, 2.24) is 14.9 Å². The lowest BCUT2D eigenvalue weighted by atomic mass is 9.89. The number of hydrogen-bond donors (Lipinski definition) is 3. The van der Waals surface area contributed by atoms with Crippen LogP contribution in [0.4, 0.5) is 0 Å². The number of rotatable bonds is 4. The molecule has 0 aliphatic carbocycles. The lowest BCUT2D eigenvalue weighted by Crippen LogP contribution is -2.52. The SMILES string of the molecule is O=C(O)c1cc(Cl)c(Cl)cc1C(=O)N1C(c2cccc(Cl)c2Cl)c2[nH]cnc2C[C@H]1C(=O)O. The van der Waals surface area contributed by atoms with E-state index in [-0.39, 0.29) is 32.1 Å². The van der Waals surface area contributed by atoms with Crippen molar-refractivity contribution < 1.29 is 24.6 Å². The molecule has 33 heavy (non-hydrogen) atoms. The van der Waals surface area contributed by atoms with Gasteiger partial charge in [-0.3, -0.25) is 4.79 Å². The number of H-pyrrole nitrogens is 1. The Morgan fingerprint density at radius 1 is 1.00 bits per heavy atom. The number of halogens is 4. The summed E-state index contributed by atoms with van der Waals surface area (Å²) < 4.78 is 0. The van der Waals surface area contributed by atoms with E-state index in [1.165, 1.54) is 6.33 Å². The first-order valence-electron chi connectivity index (χ1n) is 9.35. The Morgan fingerprint density at radius 2 is 1.67 bits per heavy atom. The lowest BCUT2D eigenvalue weighted by molar-refractivity contribution is -0.143. The van der Waals surface area contributed by atoms with Crippen molar-refractivity contribution in [3.8, 4) is 0 Å². The third-order valence-corrected chi connectivity index (χ3v) is 6.90. The van der Waals surface area contributed by atoms with Gasteiger partial charge in [0, 0.05) is 12.0 Å². The smallest absolute Gasteiger partial charge is 0.336 e. The quantitative estimate of drug-likeness (QED) is 0.439. The molecule has 2 aromatic carbocycles. The molecule has 3 aromatic rings. The standard InChI is InChI=1S/C21H13Cl4N3O5/c22-11-3-1-2-8(16(11)25)18-17-14(26-7-27-17)6-15(21(32)33)28(18)19(29)9-4-12(23)13(24)5-10(9)20(30)31/h1-5,7,15,18H,6H2,(H,26,27)(H,30,31)(H,32,33)/t15-,18?/m0/s1. The molecule has 0 saturated carbocycles. The summed E-state index contributed by atoms with van der Waals surface area (Å²) in [5, 5.41) is 19.8. The fraction of sp³-hybridized carbons (Fsp3) is 0.143. The van der Waals surface area contributed by atoms with Crippen molar-refractivity contribution in [2.75, 3.05) is 0 Å². The number of amides is 1. The van der Waals surface area contributed by atoms with Crippen LogP contribution in [0.25, 0.3) is 0 Å². The topological polar surface area (TPSA) is 124 Å². The van der Waals surface area contributed by atoms with Crippen molar-refractivity contribution in [2.45, 2.75) is 18.5 Å². The van der Waals surface area contributed by atoms with Gasteiger partial charge in [-0.15, -0.1) is 0 Å². The van der Waals surface area contributed by atoms with Crippen LogP contribution in [-0.4, -0.2) is 49.0 Å². The van der Waals surface area contributed by atoms with Gasteiger partial charge in [0.05, 0.1) is 48.9 Å². The summed E-state index contributed by atoms with van der Waals surface area (Å²) in [6.45, 7) is 0. The summed E-state index contributed by atoms with van der Waals surface area (Å²) in [4.78, 5) is 46.1. The van der Waals surface area contributed by atoms with Crippen LogP contribution in [0.15, 0.2) is 36.7 Å². The summed E-state index contributed by atoms with van der Waals surface area (Å²) in [5.41, 5.74) is 0.451. The largest absolute Gasteiger partial charge is 0.480 e.